The van der Waals surface area contributed by atoms with E-state index < -0.39 is 74.4 Å². The Hall–Kier alpha value is -3.11. The molecule has 4 rings (SSSR count). The Labute approximate surface area is 205 Å². The standard InChI is InChI=1S/C23H14Cl2F5NO4/c1-3-9-6-7-22(24)20(33)31(19-17(29)15(27)14(26)16(28)18(19)30)21(34)23(22,25)13(9)11-5-4-10(35-2)8-12(11)32/h3-6,8,13,32H,1,7H2,2H3. The van der Waals surface area contributed by atoms with Crippen molar-refractivity contribution >= 4 is 40.7 Å². The molecule has 1 heterocycles. The molecule has 12 heteroatoms. The lowest BCUT2D eigenvalue weighted by molar-refractivity contribution is -0.122. The maximum absolute atomic E-state index is 14.6. The van der Waals surface area contributed by atoms with Crippen LogP contribution in [-0.2, 0) is 9.59 Å². The maximum Gasteiger partial charge on any atom is 0.258 e. The number of nitrogens with zero attached hydrogens (tertiary/aromatic N) is 1. The number of hydrogen-bond acceptors (Lipinski definition) is 4. The summed E-state index contributed by atoms with van der Waals surface area (Å²) in [6.07, 6.45) is 2.19. The molecular weight excluding hydrogens is 520 g/mol. The van der Waals surface area contributed by atoms with Crippen LogP contribution in [-0.4, -0.2) is 33.8 Å². The molecule has 1 saturated heterocycles. The molecular formula is C23H14Cl2F5NO4. The minimum atomic E-state index is -2.56. The number of allylic oxidation sites excluding steroid dienone is 3. The highest BCUT2D eigenvalue weighted by molar-refractivity contribution is 6.58. The summed E-state index contributed by atoms with van der Waals surface area (Å²) in [5, 5.41) is 10.6. The van der Waals surface area contributed by atoms with Crippen LogP contribution in [0.4, 0.5) is 27.6 Å². The highest BCUT2D eigenvalue weighted by Gasteiger charge is 2.74. The molecule has 1 aliphatic heterocycles. The smallest absolute Gasteiger partial charge is 0.258 e. The largest absolute Gasteiger partial charge is 0.508 e. The highest BCUT2D eigenvalue weighted by Crippen LogP contribution is 2.61. The second-order valence-electron chi connectivity index (χ2n) is 7.85. The van der Waals surface area contributed by atoms with Gasteiger partial charge in [-0.3, -0.25) is 9.59 Å². The van der Waals surface area contributed by atoms with Gasteiger partial charge in [0.05, 0.1) is 7.11 Å². The first-order valence-corrected chi connectivity index (χ1v) is 10.6. The van der Waals surface area contributed by atoms with E-state index >= 15 is 0 Å². The Balaban J connectivity index is 1.99. The van der Waals surface area contributed by atoms with Gasteiger partial charge in [0.25, 0.3) is 11.8 Å². The van der Waals surface area contributed by atoms with E-state index in [0.29, 0.717) is 0 Å². The lowest BCUT2D eigenvalue weighted by Gasteiger charge is -2.42. The van der Waals surface area contributed by atoms with E-state index in [1.54, 1.807) is 0 Å². The van der Waals surface area contributed by atoms with Crippen molar-refractivity contribution in [1.82, 2.24) is 0 Å². The van der Waals surface area contributed by atoms with Gasteiger partial charge in [0.2, 0.25) is 5.82 Å². The van der Waals surface area contributed by atoms with Crippen LogP contribution in [0.15, 0.2) is 42.5 Å². The monoisotopic (exact) mass is 533 g/mol. The van der Waals surface area contributed by atoms with Crippen molar-refractivity contribution in [2.45, 2.75) is 22.1 Å². The first kappa shape index (κ1) is 25.0. The number of benzene rings is 2. The zero-order valence-corrected chi connectivity index (χ0v) is 19.2. The molecule has 3 atom stereocenters. The topological polar surface area (TPSA) is 66.8 Å². The van der Waals surface area contributed by atoms with Crippen LogP contribution >= 0.6 is 23.2 Å². The second-order valence-corrected chi connectivity index (χ2v) is 9.09. The zero-order valence-electron chi connectivity index (χ0n) is 17.6. The number of carbonyl (C=O) groups excluding carboxylic acids is 2. The first-order valence-electron chi connectivity index (χ1n) is 9.84. The predicted molar refractivity (Wildman–Crippen MR) is 116 cm³/mol. The molecule has 2 amide bonds. The van der Waals surface area contributed by atoms with Crippen molar-refractivity contribution in [1.29, 1.82) is 0 Å². The fraction of sp³-hybridized carbons (Fsp3) is 0.217. The number of halogens is 7. The molecule has 2 aromatic rings. The van der Waals surface area contributed by atoms with Crippen molar-refractivity contribution < 1.29 is 41.4 Å². The third kappa shape index (κ3) is 3.12. The number of hydrogen-bond donors (Lipinski definition) is 1. The Kier molecular flexibility index (Phi) is 5.88. The van der Waals surface area contributed by atoms with Crippen LogP contribution in [0.25, 0.3) is 0 Å². The number of anilines is 1. The quantitative estimate of drug-likeness (QED) is 0.192. The highest BCUT2D eigenvalue weighted by atomic mass is 35.5. The van der Waals surface area contributed by atoms with Crippen molar-refractivity contribution in [3.8, 4) is 11.5 Å². The Morgan fingerprint density at radius 3 is 2.14 bits per heavy atom. The molecule has 0 aromatic heterocycles. The van der Waals surface area contributed by atoms with E-state index in [0.717, 1.165) is 0 Å². The van der Waals surface area contributed by atoms with Crippen molar-refractivity contribution in [3.63, 3.8) is 0 Å². The van der Waals surface area contributed by atoms with Gasteiger partial charge in [0.15, 0.2) is 33.0 Å². The van der Waals surface area contributed by atoms with Crippen LogP contribution in [0.5, 0.6) is 11.5 Å². The van der Waals surface area contributed by atoms with Crippen LogP contribution in [0.2, 0.25) is 0 Å². The van der Waals surface area contributed by atoms with Gasteiger partial charge in [-0.05, 0) is 18.1 Å². The van der Waals surface area contributed by atoms with Gasteiger partial charge in [-0.2, -0.15) is 0 Å². The van der Waals surface area contributed by atoms with Crippen LogP contribution in [0.1, 0.15) is 17.9 Å². The number of ether oxygens (including phenoxy) is 1. The number of alkyl halides is 2. The number of amides is 2. The fourth-order valence-electron chi connectivity index (χ4n) is 4.43. The van der Waals surface area contributed by atoms with Gasteiger partial charge in [-0.25, -0.2) is 26.9 Å². The number of phenols is 1. The molecule has 35 heavy (non-hydrogen) atoms. The summed E-state index contributed by atoms with van der Waals surface area (Å²) in [5.74, 6) is -16.7. The fourth-order valence-corrected chi connectivity index (χ4v) is 5.27. The van der Waals surface area contributed by atoms with E-state index in [1.165, 1.54) is 37.5 Å². The normalized spacial score (nSPS) is 26.0. The summed E-state index contributed by atoms with van der Waals surface area (Å²) in [6.45, 7) is 3.63. The molecule has 1 aliphatic carbocycles. The number of methoxy groups -OCH3 is 1. The number of aromatic hydroxyl groups is 1. The Bertz CT molecular complexity index is 1320. The van der Waals surface area contributed by atoms with E-state index in [9.17, 15) is 36.6 Å². The van der Waals surface area contributed by atoms with Gasteiger partial charge >= 0.3 is 0 Å². The minimum absolute atomic E-state index is 0.0305. The summed E-state index contributed by atoms with van der Waals surface area (Å²) >= 11 is 13.3. The van der Waals surface area contributed by atoms with Gasteiger partial charge in [-0.15, -0.1) is 23.2 Å². The number of rotatable bonds is 4. The molecule has 2 aromatic carbocycles. The van der Waals surface area contributed by atoms with E-state index in [1.807, 2.05) is 0 Å². The van der Waals surface area contributed by atoms with E-state index in [-0.39, 0.29) is 21.8 Å². The molecule has 2 aliphatic rings. The summed E-state index contributed by atoms with van der Waals surface area (Å²) < 4.78 is 75.6. The first-order chi connectivity index (χ1) is 16.4. The van der Waals surface area contributed by atoms with Gasteiger partial charge < -0.3 is 9.84 Å². The van der Waals surface area contributed by atoms with Crippen LogP contribution in [0.3, 0.4) is 0 Å². The third-order valence-corrected chi connectivity index (χ3v) is 7.59. The molecule has 3 unspecified atom stereocenters. The summed E-state index contributed by atoms with van der Waals surface area (Å²) in [4.78, 5) is 21.7. The Morgan fingerprint density at radius 2 is 1.63 bits per heavy atom. The van der Waals surface area contributed by atoms with Gasteiger partial charge in [0, 0.05) is 17.5 Å². The van der Waals surface area contributed by atoms with Crippen LogP contribution in [0, 0.1) is 29.1 Å². The summed E-state index contributed by atoms with van der Waals surface area (Å²) in [5.41, 5.74) is -1.61. The lowest BCUT2D eigenvalue weighted by Crippen LogP contribution is -2.54. The average Bonchev–Trinajstić information content (AvgIpc) is 2.99. The molecule has 0 bridgehead atoms. The number of imide groups is 1. The molecule has 0 spiro atoms. The second kappa shape index (κ2) is 8.23. The minimum Gasteiger partial charge on any atom is -0.508 e. The molecule has 0 radical (unpaired) electrons. The maximum atomic E-state index is 14.6. The third-order valence-electron chi connectivity index (χ3n) is 6.18. The summed E-state index contributed by atoms with van der Waals surface area (Å²) in [6, 6.07) is 3.91. The average molecular weight is 534 g/mol. The summed E-state index contributed by atoms with van der Waals surface area (Å²) in [7, 11) is 1.33. The van der Waals surface area contributed by atoms with Crippen molar-refractivity contribution in [3.05, 3.63) is 77.2 Å². The van der Waals surface area contributed by atoms with Crippen molar-refractivity contribution in [2.75, 3.05) is 12.0 Å². The zero-order chi connectivity index (χ0) is 26.0. The molecule has 184 valence electrons. The van der Waals surface area contributed by atoms with E-state index in [2.05, 4.69) is 6.58 Å². The molecule has 0 saturated carbocycles. The van der Waals surface area contributed by atoms with Crippen LogP contribution < -0.4 is 9.64 Å². The lowest BCUT2D eigenvalue weighted by atomic mass is 9.68. The molecule has 5 nitrogen and oxygen atoms in total. The van der Waals surface area contributed by atoms with Crippen molar-refractivity contribution in [2.24, 2.45) is 0 Å². The molecule has 1 fully saturated rings. The van der Waals surface area contributed by atoms with E-state index in [4.69, 9.17) is 27.9 Å². The number of phenolic OH excluding ortho intramolecular Hbond substituents is 1. The SMILES string of the molecule is C=CC1=CCC2(Cl)C(=O)N(c3c(F)c(F)c(F)c(F)c3F)C(=O)C2(Cl)C1c1ccc(OC)cc1O. The number of carbonyl (C=O) groups is 2. The van der Waals surface area contributed by atoms with Gasteiger partial charge in [0.1, 0.15) is 17.2 Å². The number of fused-ring (bicyclic) bond motifs is 1. The van der Waals surface area contributed by atoms with Gasteiger partial charge in [-0.1, -0.05) is 24.8 Å². The molecule has 1 N–H and O–H groups in total. The predicted octanol–water partition coefficient (Wildman–Crippen LogP) is 5.22. The Morgan fingerprint density at radius 1 is 1.06 bits per heavy atom.